The minimum absolute atomic E-state index is 0.0674. The molecule has 2 aromatic carbocycles. The summed E-state index contributed by atoms with van der Waals surface area (Å²) in [6.07, 6.45) is 0. The second kappa shape index (κ2) is 8.70. The third-order valence-corrected chi connectivity index (χ3v) is 6.11. The van der Waals surface area contributed by atoms with Crippen LogP contribution in [-0.2, 0) is 4.79 Å². The van der Waals surface area contributed by atoms with Gasteiger partial charge in [0.1, 0.15) is 10.8 Å². The van der Waals surface area contributed by atoms with Gasteiger partial charge in [-0.1, -0.05) is 23.9 Å². The van der Waals surface area contributed by atoms with Crippen LogP contribution in [-0.4, -0.2) is 27.1 Å². The van der Waals surface area contributed by atoms with Crippen molar-refractivity contribution in [1.29, 1.82) is 0 Å². The number of nitrogens with two attached hydrogens (primary N) is 1. The molecule has 7 nitrogen and oxygen atoms in total. The van der Waals surface area contributed by atoms with Crippen LogP contribution in [0.4, 0.5) is 9.39 Å². The van der Waals surface area contributed by atoms with Gasteiger partial charge < -0.3 is 11.1 Å². The van der Waals surface area contributed by atoms with E-state index < -0.39 is 11.7 Å². The highest BCUT2D eigenvalue weighted by atomic mass is 32.2. The largest absolute Gasteiger partial charge is 0.366 e. The lowest BCUT2D eigenvalue weighted by Crippen LogP contribution is -2.23. The van der Waals surface area contributed by atoms with Crippen molar-refractivity contribution in [2.24, 2.45) is 5.73 Å². The lowest BCUT2D eigenvalue weighted by molar-refractivity contribution is -0.113. The molecule has 4 aromatic rings. The number of carbonyl (C=O) groups is 2. The normalized spacial score (nSPS) is 10.9. The number of fused-ring (bicyclic) bond motifs is 1. The number of hydrogen-bond acceptors (Lipinski definition) is 6. The summed E-state index contributed by atoms with van der Waals surface area (Å²) in [7, 11) is 0. The van der Waals surface area contributed by atoms with E-state index in [2.05, 4.69) is 10.3 Å². The molecule has 0 aliphatic carbocycles. The van der Waals surface area contributed by atoms with Gasteiger partial charge >= 0.3 is 0 Å². The highest BCUT2D eigenvalue weighted by Crippen LogP contribution is 2.25. The van der Waals surface area contributed by atoms with Crippen molar-refractivity contribution >= 4 is 50.8 Å². The Kier molecular flexibility index (Phi) is 5.83. The van der Waals surface area contributed by atoms with E-state index >= 15 is 0 Å². The molecule has 156 valence electrons. The van der Waals surface area contributed by atoms with Crippen LogP contribution in [0.2, 0.25) is 0 Å². The van der Waals surface area contributed by atoms with Crippen LogP contribution in [0.3, 0.4) is 0 Å². The number of benzene rings is 2. The molecule has 4 rings (SSSR count). The van der Waals surface area contributed by atoms with Gasteiger partial charge in [0.15, 0.2) is 5.16 Å². The SMILES string of the molecule is NC(=O)c1ccsc1NC(=O)CSc1nc2ccccc2c(=O)n1-c1ccc(F)cc1. The predicted molar refractivity (Wildman–Crippen MR) is 119 cm³/mol. The number of amides is 2. The van der Waals surface area contributed by atoms with Crippen LogP contribution in [0.15, 0.2) is 69.9 Å². The Morgan fingerprint density at radius 2 is 1.87 bits per heavy atom. The van der Waals surface area contributed by atoms with Crippen LogP contribution in [0, 0.1) is 5.82 Å². The Balaban J connectivity index is 1.66. The number of thiophene rings is 1. The highest BCUT2D eigenvalue weighted by molar-refractivity contribution is 7.99. The van der Waals surface area contributed by atoms with Crippen LogP contribution < -0.4 is 16.6 Å². The Hall–Kier alpha value is -3.50. The number of rotatable bonds is 6. The number of nitrogens with one attached hydrogen (secondary N) is 1. The van der Waals surface area contributed by atoms with Gasteiger partial charge in [-0.05, 0) is 47.8 Å². The van der Waals surface area contributed by atoms with E-state index in [4.69, 9.17) is 5.73 Å². The van der Waals surface area contributed by atoms with E-state index in [0.717, 1.165) is 11.8 Å². The molecule has 0 fully saturated rings. The zero-order valence-corrected chi connectivity index (χ0v) is 17.5. The van der Waals surface area contributed by atoms with Gasteiger partial charge in [0.2, 0.25) is 5.91 Å². The molecule has 0 aliphatic rings. The molecule has 3 N–H and O–H groups in total. The monoisotopic (exact) mass is 454 g/mol. The van der Waals surface area contributed by atoms with E-state index in [0.29, 0.717) is 21.6 Å². The average molecular weight is 455 g/mol. The van der Waals surface area contributed by atoms with Crippen LogP contribution in [0.1, 0.15) is 10.4 Å². The molecule has 0 atom stereocenters. The summed E-state index contributed by atoms with van der Waals surface area (Å²) < 4.78 is 14.7. The maximum absolute atomic E-state index is 13.4. The molecule has 0 radical (unpaired) electrons. The zero-order valence-electron chi connectivity index (χ0n) is 15.9. The number of carbonyl (C=O) groups excluding carboxylic acids is 2. The van der Waals surface area contributed by atoms with Crippen molar-refractivity contribution in [2.75, 3.05) is 11.1 Å². The maximum atomic E-state index is 13.4. The first-order valence-electron chi connectivity index (χ1n) is 9.01. The highest BCUT2D eigenvalue weighted by Gasteiger charge is 2.17. The van der Waals surface area contributed by atoms with E-state index in [1.165, 1.54) is 46.2 Å². The lowest BCUT2D eigenvalue weighted by Gasteiger charge is -2.13. The van der Waals surface area contributed by atoms with E-state index in [9.17, 15) is 18.8 Å². The topological polar surface area (TPSA) is 107 Å². The van der Waals surface area contributed by atoms with Crippen molar-refractivity contribution in [3.63, 3.8) is 0 Å². The van der Waals surface area contributed by atoms with Gasteiger partial charge in [-0.25, -0.2) is 9.37 Å². The summed E-state index contributed by atoms with van der Waals surface area (Å²) in [6, 6.07) is 13.9. The summed E-state index contributed by atoms with van der Waals surface area (Å²) in [5, 5.41) is 5.36. The first kappa shape index (κ1) is 20.8. The number of thioether (sulfide) groups is 1. The fourth-order valence-electron chi connectivity index (χ4n) is 2.92. The molecule has 0 unspecified atom stereocenters. The smallest absolute Gasteiger partial charge is 0.266 e. The standard InChI is InChI=1S/C21H15FN4O3S2/c22-12-5-7-13(8-6-12)26-20(29)14-3-1-2-4-16(14)24-21(26)31-11-17(27)25-19-15(18(23)28)9-10-30-19/h1-10H,11H2,(H2,23,28)(H,25,27). The minimum Gasteiger partial charge on any atom is -0.366 e. The van der Waals surface area contributed by atoms with E-state index in [1.807, 2.05) is 0 Å². The first-order chi connectivity index (χ1) is 14.9. The van der Waals surface area contributed by atoms with Gasteiger partial charge in [-0.15, -0.1) is 11.3 Å². The third kappa shape index (κ3) is 4.35. The van der Waals surface area contributed by atoms with Gasteiger partial charge in [-0.3, -0.25) is 19.0 Å². The van der Waals surface area contributed by atoms with Crippen molar-refractivity contribution in [3.05, 3.63) is 81.7 Å². The molecule has 0 bridgehead atoms. The summed E-state index contributed by atoms with van der Waals surface area (Å²) in [5.41, 5.74) is 6.13. The third-order valence-electron chi connectivity index (χ3n) is 4.35. The Labute approximate surface area is 183 Å². The summed E-state index contributed by atoms with van der Waals surface area (Å²) in [6.45, 7) is 0. The Morgan fingerprint density at radius 1 is 1.13 bits per heavy atom. The molecule has 0 saturated heterocycles. The number of nitrogens with zero attached hydrogens (tertiary/aromatic N) is 2. The molecule has 0 saturated carbocycles. The lowest BCUT2D eigenvalue weighted by atomic mass is 10.2. The zero-order chi connectivity index (χ0) is 22.0. The Bertz CT molecular complexity index is 1350. The number of aromatic nitrogens is 2. The average Bonchev–Trinajstić information content (AvgIpc) is 3.22. The van der Waals surface area contributed by atoms with Gasteiger partial charge in [0.25, 0.3) is 11.5 Å². The molecule has 10 heteroatoms. The minimum atomic E-state index is -0.634. The fraction of sp³-hybridized carbons (Fsp3) is 0.0476. The van der Waals surface area contributed by atoms with E-state index in [-0.39, 0.29) is 27.9 Å². The molecule has 31 heavy (non-hydrogen) atoms. The number of primary amides is 1. The van der Waals surface area contributed by atoms with Gasteiger partial charge in [0.05, 0.1) is 27.9 Å². The number of anilines is 1. The van der Waals surface area contributed by atoms with Crippen molar-refractivity contribution in [2.45, 2.75) is 5.16 Å². The molecule has 0 spiro atoms. The summed E-state index contributed by atoms with van der Waals surface area (Å²) in [4.78, 5) is 41.5. The van der Waals surface area contributed by atoms with Crippen molar-refractivity contribution in [3.8, 4) is 5.69 Å². The summed E-state index contributed by atoms with van der Waals surface area (Å²) >= 11 is 2.24. The number of halogens is 1. The predicted octanol–water partition coefficient (Wildman–Crippen LogP) is 3.42. The molecule has 0 aliphatic heterocycles. The van der Waals surface area contributed by atoms with Crippen molar-refractivity contribution < 1.29 is 14.0 Å². The molecule has 2 heterocycles. The van der Waals surface area contributed by atoms with Crippen LogP contribution >= 0.6 is 23.1 Å². The second-order valence-corrected chi connectivity index (χ2v) is 8.25. The molecular formula is C21H15FN4O3S2. The van der Waals surface area contributed by atoms with Gasteiger partial charge in [0, 0.05) is 0 Å². The van der Waals surface area contributed by atoms with Crippen molar-refractivity contribution in [1.82, 2.24) is 9.55 Å². The van der Waals surface area contributed by atoms with E-state index in [1.54, 1.807) is 29.6 Å². The molecule has 2 aromatic heterocycles. The second-order valence-electron chi connectivity index (χ2n) is 6.39. The quantitative estimate of drug-likeness (QED) is 0.343. The van der Waals surface area contributed by atoms with Crippen LogP contribution in [0.25, 0.3) is 16.6 Å². The summed E-state index contributed by atoms with van der Waals surface area (Å²) in [5.74, 6) is -1.52. The van der Waals surface area contributed by atoms with Crippen LogP contribution in [0.5, 0.6) is 0 Å². The Morgan fingerprint density at radius 3 is 2.61 bits per heavy atom. The maximum Gasteiger partial charge on any atom is 0.266 e. The van der Waals surface area contributed by atoms with Gasteiger partial charge in [-0.2, -0.15) is 0 Å². The number of hydrogen-bond donors (Lipinski definition) is 2. The fourth-order valence-corrected chi connectivity index (χ4v) is 4.54. The molecular weight excluding hydrogens is 439 g/mol. The number of para-hydroxylation sites is 1. The first-order valence-corrected chi connectivity index (χ1v) is 10.9. The molecule has 2 amide bonds.